The van der Waals surface area contributed by atoms with Crippen LogP contribution in [0.3, 0.4) is 0 Å². The summed E-state index contributed by atoms with van der Waals surface area (Å²) in [5.74, 6) is 1.19. The Balaban J connectivity index is 0.00000200. The summed E-state index contributed by atoms with van der Waals surface area (Å²) >= 11 is 0. The summed E-state index contributed by atoms with van der Waals surface area (Å²) in [6.07, 6.45) is 2.48. The highest BCUT2D eigenvalue weighted by atomic mass is 127. The van der Waals surface area contributed by atoms with Crippen LogP contribution in [0.25, 0.3) is 0 Å². The molecule has 1 saturated heterocycles. The molecule has 6 nitrogen and oxygen atoms in total. The molecule has 1 aliphatic rings. The number of guanidine groups is 1. The molecule has 0 spiro atoms. The fraction of sp³-hybridized carbons (Fsp3) is 0.615. The van der Waals surface area contributed by atoms with Gasteiger partial charge in [-0.15, -0.1) is 24.0 Å². The highest BCUT2D eigenvalue weighted by Gasteiger charge is 2.14. The molecule has 1 aliphatic heterocycles. The van der Waals surface area contributed by atoms with Gasteiger partial charge in [0.2, 0.25) is 0 Å². The highest BCUT2D eigenvalue weighted by molar-refractivity contribution is 14.0. The standard InChI is InChI=1S/C13H21N5O.HI/c1-9-6-11(18-10(2)17-9)7-15-13(14)16-8-12-4-3-5-19-12;/h6,12H,3-5,7-8H2,1-2H3,(H3,14,15,16);1H. The topological polar surface area (TPSA) is 85.4 Å². The summed E-state index contributed by atoms with van der Waals surface area (Å²) in [7, 11) is 0. The first-order valence-corrected chi connectivity index (χ1v) is 6.60. The van der Waals surface area contributed by atoms with E-state index in [2.05, 4.69) is 20.3 Å². The number of halogens is 1. The molecule has 0 aromatic carbocycles. The fourth-order valence-electron chi connectivity index (χ4n) is 2.12. The number of ether oxygens (including phenoxy) is 1. The number of aromatic nitrogens is 2. The zero-order chi connectivity index (χ0) is 13.7. The molecule has 112 valence electrons. The lowest BCUT2D eigenvalue weighted by Gasteiger charge is -2.11. The Morgan fingerprint density at radius 2 is 2.30 bits per heavy atom. The third kappa shape index (κ3) is 5.58. The molecule has 0 bridgehead atoms. The second kappa shape index (κ2) is 8.35. The largest absolute Gasteiger partial charge is 0.376 e. The molecule has 1 fully saturated rings. The van der Waals surface area contributed by atoms with Crippen molar-refractivity contribution in [2.75, 3.05) is 13.2 Å². The molecule has 1 atom stereocenters. The summed E-state index contributed by atoms with van der Waals surface area (Å²) in [4.78, 5) is 12.8. The number of aryl methyl sites for hydroxylation is 2. The van der Waals surface area contributed by atoms with Crippen LogP contribution in [0, 0.1) is 13.8 Å². The Morgan fingerprint density at radius 3 is 2.95 bits per heavy atom. The zero-order valence-electron chi connectivity index (χ0n) is 11.9. The quantitative estimate of drug-likeness (QED) is 0.459. The van der Waals surface area contributed by atoms with Gasteiger partial charge in [0.1, 0.15) is 5.82 Å². The molecule has 1 unspecified atom stereocenters. The van der Waals surface area contributed by atoms with Crippen LogP contribution in [-0.2, 0) is 11.3 Å². The van der Waals surface area contributed by atoms with Gasteiger partial charge in [0, 0.05) is 18.8 Å². The van der Waals surface area contributed by atoms with Gasteiger partial charge in [-0.3, -0.25) is 0 Å². The molecule has 7 heteroatoms. The van der Waals surface area contributed by atoms with E-state index in [1.807, 2.05) is 19.9 Å². The smallest absolute Gasteiger partial charge is 0.189 e. The van der Waals surface area contributed by atoms with Gasteiger partial charge >= 0.3 is 0 Å². The minimum Gasteiger partial charge on any atom is -0.376 e. The summed E-state index contributed by atoms with van der Waals surface area (Å²) in [6.45, 7) is 5.86. The second-order valence-electron chi connectivity index (χ2n) is 4.77. The van der Waals surface area contributed by atoms with Crippen molar-refractivity contribution in [3.8, 4) is 0 Å². The van der Waals surface area contributed by atoms with E-state index in [1.165, 1.54) is 0 Å². The third-order valence-corrected chi connectivity index (χ3v) is 2.97. The Morgan fingerprint density at radius 1 is 1.50 bits per heavy atom. The van der Waals surface area contributed by atoms with Crippen molar-refractivity contribution in [3.05, 3.63) is 23.3 Å². The number of aliphatic imine (C=N–C) groups is 1. The molecule has 0 saturated carbocycles. The average Bonchev–Trinajstić information content (AvgIpc) is 2.86. The summed E-state index contributed by atoms with van der Waals surface area (Å²) in [6, 6.07) is 1.92. The number of rotatable bonds is 4. The highest BCUT2D eigenvalue weighted by Crippen LogP contribution is 2.10. The van der Waals surface area contributed by atoms with Gasteiger partial charge in [-0.25, -0.2) is 15.0 Å². The molecule has 20 heavy (non-hydrogen) atoms. The van der Waals surface area contributed by atoms with E-state index in [1.54, 1.807) is 0 Å². The molecule has 0 aliphatic carbocycles. The summed E-state index contributed by atoms with van der Waals surface area (Å²) in [5.41, 5.74) is 7.64. The Bertz CT molecular complexity index is 440. The van der Waals surface area contributed by atoms with Crippen molar-refractivity contribution in [1.82, 2.24) is 15.3 Å². The van der Waals surface area contributed by atoms with Crippen LogP contribution in [0.1, 0.15) is 30.1 Å². The van der Waals surface area contributed by atoms with Gasteiger partial charge in [-0.2, -0.15) is 0 Å². The summed E-state index contributed by atoms with van der Waals surface area (Å²) in [5, 5.41) is 3.08. The van der Waals surface area contributed by atoms with Crippen LogP contribution >= 0.6 is 24.0 Å². The van der Waals surface area contributed by atoms with Gasteiger partial charge in [-0.1, -0.05) is 0 Å². The van der Waals surface area contributed by atoms with Crippen LogP contribution in [0.5, 0.6) is 0 Å². The normalized spacial score (nSPS) is 18.7. The van der Waals surface area contributed by atoms with Crippen molar-refractivity contribution in [2.45, 2.75) is 39.3 Å². The lowest BCUT2D eigenvalue weighted by Crippen LogP contribution is -2.37. The van der Waals surface area contributed by atoms with Crippen LogP contribution in [0.2, 0.25) is 0 Å². The first kappa shape index (κ1) is 17.1. The van der Waals surface area contributed by atoms with E-state index in [9.17, 15) is 0 Å². The lowest BCUT2D eigenvalue weighted by molar-refractivity contribution is 0.114. The lowest BCUT2D eigenvalue weighted by atomic mass is 10.2. The first-order chi connectivity index (χ1) is 9.13. The summed E-state index contributed by atoms with van der Waals surface area (Å²) < 4.78 is 5.50. The van der Waals surface area contributed by atoms with Crippen LogP contribution < -0.4 is 11.1 Å². The van der Waals surface area contributed by atoms with Crippen molar-refractivity contribution in [3.63, 3.8) is 0 Å². The van der Waals surface area contributed by atoms with Crippen LogP contribution in [-0.4, -0.2) is 35.2 Å². The van der Waals surface area contributed by atoms with E-state index in [0.717, 1.165) is 43.2 Å². The molecule has 1 aromatic rings. The Labute approximate surface area is 136 Å². The van der Waals surface area contributed by atoms with Gasteiger partial charge in [0.25, 0.3) is 0 Å². The van der Waals surface area contributed by atoms with E-state index in [4.69, 9.17) is 10.5 Å². The number of nitrogens with two attached hydrogens (primary N) is 1. The van der Waals surface area contributed by atoms with Gasteiger partial charge in [-0.05, 0) is 32.8 Å². The van der Waals surface area contributed by atoms with Crippen molar-refractivity contribution < 1.29 is 4.74 Å². The predicted octanol–water partition coefficient (Wildman–Crippen LogP) is 1.29. The van der Waals surface area contributed by atoms with Gasteiger partial charge in [0.15, 0.2) is 5.96 Å². The average molecular weight is 391 g/mol. The fourth-order valence-corrected chi connectivity index (χ4v) is 2.12. The molecule has 1 aromatic heterocycles. The number of hydrogen-bond acceptors (Lipinski definition) is 4. The maximum Gasteiger partial charge on any atom is 0.189 e. The second-order valence-corrected chi connectivity index (χ2v) is 4.77. The van der Waals surface area contributed by atoms with Crippen molar-refractivity contribution >= 4 is 29.9 Å². The number of hydrogen-bond donors (Lipinski definition) is 2. The molecular formula is C13H22IN5O. The Kier molecular flexibility index (Phi) is 7.14. The van der Waals surface area contributed by atoms with Crippen LogP contribution in [0.4, 0.5) is 0 Å². The number of nitrogens with zero attached hydrogens (tertiary/aromatic N) is 3. The molecule has 0 radical (unpaired) electrons. The third-order valence-electron chi connectivity index (χ3n) is 2.97. The molecule has 2 rings (SSSR count). The Hall–Kier alpha value is -0.960. The van der Waals surface area contributed by atoms with E-state index in [0.29, 0.717) is 12.5 Å². The predicted molar refractivity (Wildman–Crippen MR) is 89.2 cm³/mol. The monoisotopic (exact) mass is 391 g/mol. The number of nitrogens with one attached hydrogen (secondary N) is 1. The molecule has 3 N–H and O–H groups in total. The minimum atomic E-state index is 0. The van der Waals surface area contributed by atoms with Gasteiger partial charge < -0.3 is 15.8 Å². The zero-order valence-corrected chi connectivity index (χ0v) is 14.3. The van der Waals surface area contributed by atoms with E-state index in [-0.39, 0.29) is 30.1 Å². The molecular weight excluding hydrogens is 369 g/mol. The maximum absolute atomic E-state index is 5.82. The van der Waals surface area contributed by atoms with E-state index < -0.39 is 0 Å². The van der Waals surface area contributed by atoms with Gasteiger partial charge in [0.05, 0.1) is 18.3 Å². The first-order valence-electron chi connectivity index (χ1n) is 6.60. The van der Waals surface area contributed by atoms with E-state index >= 15 is 0 Å². The minimum absolute atomic E-state index is 0. The molecule has 0 amide bonds. The van der Waals surface area contributed by atoms with Crippen molar-refractivity contribution in [2.24, 2.45) is 10.7 Å². The SMILES string of the molecule is Cc1cc(CN=C(N)NCC2CCCO2)nc(C)n1.I. The molecule has 2 heterocycles. The maximum atomic E-state index is 5.82. The van der Waals surface area contributed by atoms with Crippen LogP contribution in [0.15, 0.2) is 11.1 Å². The van der Waals surface area contributed by atoms with Crippen molar-refractivity contribution in [1.29, 1.82) is 0 Å².